The summed E-state index contributed by atoms with van der Waals surface area (Å²) in [6.45, 7) is 1.79. The van der Waals surface area contributed by atoms with Crippen LogP contribution in [-0.4, -0.2) is 67.6 Å². The molecule has 2 aromatic heterocycles. The molecule has 6 N–H and O–H groups in total. The molecule has 0 radical (unpaired) electrons. The number of rotatable bonds is 4. The fourth-order valence-corrected chi connectivity index (χ4v) is 1.71. The second-order valence-corrected chi connectivity index (χ2v) is 5.75. The van der Waals surface area contributed by atoms with E-state index in [0.717, 1.165) is 16.6 Å². The number of hydrogen-bond donors (Lipinski definition) is 6. The zero-order valence-corrected chi connectivity index (χ0v) is 16.3. The van der Waals surface area contributed by atoms with E-state index < -0.39 is 36.4 Å². The van der Waals surface area contributed by atoms with Crippen molar-refractivity contribution in [2.24, 2.45) is 0 Å². The third-order valence-electron chi connectivity index (χ3n) is 3.15. The van der Waals surface area contributed by atoms with Gasteiger partial charge in [-0.1, -0.05) is 0 Å². The Labute approximate surface area is 179 Å². The summed E-state index contributed by atoms with van der Waals surface area (Å²) in [5.41, 5.74) is 1.77. The quantitative estimate of drug-likeness (QED) is 0.352. The number of aromatic amines is 1. The van der Waals surface area contributed by atoms with E-state index in [9.17, 15) is 35.9 Å². The number of carbonyl (C=O) groups excluding carboxylic acids is 1. The molecule has 0 aliphatic heterocycles. The second kappa shape index (κ2) is 12.1. The molecular weight excluding hydrogens is 474 g/mol. The smallest absolute Gasteiger partial charge is 0.475 e. The van der Waals surface area contributed by atoms with Crippen molar-refractivity contribution in [1.29, 1.82) is 0 Å². The number of hydrogen-bond acceptors (Lipinski definition) is 5. The van der Waals surface area contributed by atoms with E-state index in [1.807, 2.05) is 12.1 Å². The number of carboxylic acids is 2. The summed E-state index contributed by atoms with van der Waals surface area (Å²) in [5.74, 6) is -5.89. The highest BCUT2D eigenvalue weighted by Gasteiger charge is 2.38. The van der Waals surface area contributed by atoms with Gasteiger partial charge in [-0.2, -0.15) is 26.3 Å². The van der Waals surface area contributed by atoms with Crippen LogP contribution >= 0.6 is 0 Å². The summed E-state index contributed by atoms with van der Waals surface area (Å²) in [6, 6.07) is 2.94. The van der Waals surface area contributed by atoms with Crippen molar-refractivity contribution < 1.29 is 60.8 Å². The molecule has 11 nitrogen and oxygen atoms in total. The zero-order valence-electron chi connectivity index (χ0n) is 16.3. The van der Waals surface area contributed by atoms with Crippen LogP contribution in [0, 0.1) is 0 Å². The van der Waals surface area contributed by atoms with Crippen LogP contribution in [0.4, 0.5) is 31.1 Å². The minimum Gasteiger partial charge on any atom is -0.475 e. The van der Waals surface area contributed by atoms with Crippen LogP contribution in [0.15, 0.2) is 24.5 Å². The Morgan fingerprint density at radius 1 is 1.03 bits per heavy atom. The number of aliphatic carboxylic acids is 2. The van der Waals surface area contributed by atoms with E-state index in [2.05, 4.69) is 20.6 Å². The minimum absolute atomic E-state index is 0.305. The van der Waals surface area contributed by atoms with Crippen LogP contribution in [0.1, 0.15) is 12.6 Å². The fraction of sp³-hybridized carbons (Fsp3) is 0.312. The Hall–Kier alpha value is -4.05. The maximum Gasteiger partial charge on any atom is 0.490 e. The van der Waals surface area contributed by atoms with Gasteiger partial charge in [0.25, 0.3) is 0 Å². The molecule has 1 atom stereocenters. The van der Waals surface area contributed by atoms with Gasteiger partial charge in [0.05, 0.1) is 6.54 Å². The topological polar surface area (TPSA) is 182 Å². The van der Waals surface area contributed by atoms with Crippen molar-refractivity contribution in [2.45, 2.75) is 31.9 Å². The van der Waals surface area contributed by atoms with Gasteiger partial charge in [-0.25, -0.2) is 14.4 Å². The van der Waals surface area contributed by atoms with Crippen LogP contribution < -0.4 is 10.6 Å². The third kappa shape index (κ3) is 11.8. The minimum atomic E-state index is -5.08. The van der Waals surface area contributed by atoms with E-state index in [-0.39, 0.29) is 5.91 Å². The number of pyridine rings is 1. The van der Waals surface area contributed by atoms with Gasteiger partial charge in [0.15, 0.2) is 0 Å². The van der Waals surface area contributed by atoms with E-state index in [0.29, 0.717) is 6.54 Å². The Bertz CT molecular complexity index is 917. The van der Waals surface area contributed by atoms with Gasteiger partial charge in [0.1, 0.15) is 6.04 Å². The number of halogens is 6. The lowest BCUT2D eigenvalue weighted by Crippen LogP contribution is -2.44. The number of fused-ring (bicyclic) bond motifs is 1. The lowest BCUT2D eigenvalue weighted by atomic mass is 10.3. The first-order chi connectivity index (χ1) is 14.9. The van der Waals surface area contributed by atoms with Crippen molar-refractivity contribution in [3.63, 3.8) is 0 Å². The molecule has 0 spiro atoms. The average molecular weight is 490 g/mol. The van der Waals surface area contributed by atoms with Gasteiger partial charge < -0.3 is 30.9 Å². The Morgan fingerprint density at radius 2 is 1.52 bits per heavy atom. The van der Waals surface area contributed by atoms with E-state index >= 15 is 0 Å². The molecule has 1 unspecified atom stereocenters. The van der Waals surface area contributed by atoms with Crippen LogP contribution in [-0.2, 0) is 20.9 Å². The van der Waals surface area contributed by atoms with Gasteiger partial charge in [0, 0.05) is 29.0 Å². The predicted molar refractivity (Wildman–Crippen MR) is 95.9 cm³/mol. The van der Waals surface area contributed by atoms with Crippen molar-refractivity contribution in [3.05, 3.63) is 30.2 Å². The van der Waals surface area contributed by atoms with Crippen LogP contribution in [0.5, 0.6) is 0 Å². The van der Waals surface area contributed by atoms with Crippen LogP contribution in [0.3, 0.4) is 0 Å². The first-order valence-electron chi connectivity index (χ1n) is 8.24. The summed E-state index contributed by atoms with van der Waals surface area (Å²) in [7, 11) is 0. The monoisotopic (exact) mass is 490 g/mol. The third-order valence-corrected chi connectivity index (χ3v) is 3.15. The Kier molecular flexibility index (Phi) is 10.6. The molecule has 0 saturated carbocycles. The maximum absolute atomic E-state index is 11.6. The highest BCUT2D eigenvalue weighted by molar-refractivity contribution is 5.85. The SMILES string of the molecule is CC(NC(=O)O)C(=O)NCc1cc2cnccc2[nH]1.O=C(O)C(F)(F)F.O=C(O)C(F)(F)F. The van der Waals surface area contributed by atoms with Gasteiger partial charge in [-0.05, 0) is 19.1 Å². The van der Waals surface area contributed by atoms with Gasteiger partial charge >= 0.3 is 30.4 Å². The number of alkyl halides is 6. The summed E-state index contributed by atoms with van der Waals surface area (Å²) in [5, 5.41) is 28.5. The molecule has 0 saturated heterocycles. The summed E-state index contributed by atoms with van der Waals surface area (Å²) >= 11 is 0. The lowest BCUT2D eigenvalue weighted by molar-refractivity contribution is -0.193. The molecule has 0 aliphatic rings. The molecule has 0 aromatic carbocycles. The Morgan fingerprint density at radius 3 is 1.91 bits per heavy atom. The first-order valence-corrected chi connectivity index (χ1v) is 8.24. The molecule has 2 amide bonds. The standard InChI is InChI=1S/C12H14N4O3.2C2HF3O2/c1-7(15-12(18)19)11(17)14-6-9-4-8-5-13-3-2-10(8)16-9;2*3-2(4,5)1(6)7/h2-5,7,15-16H,6H2,1H3,(H,14,17)(H,18,19);2*(H,6,7). The molecule has 0 fully saturated rings. The maximum atomic E-state index is 11.6. The summed E-state index contributed by atoms with van der Waals surface area (Å²) < 4.78 is 63.5. The molecule has 0 bridgehead atoms. The lowest BCUT2D eigenvalue weighted by Gasteiger charge is -2.11. The van der Waals surface area contributed by atoms with Crippen molar-refractivity contribution >= 4 is 34.8 Å². The van der Waals surface area contributed by atoms with E-state index in [1.54, 1.807) is 12.4 Å². The van der Waals surface area contributed by atoms with Gasteiger partial charge in [-0.15, -0.1) is 0 Å². The first kappa shape index (κ1) is 28.9. The number of aromatic nitrogens is 2. The number of H-pyrrole nitrogens is 1. The van der Waals surface area contributed by atoms with E-state index in [4.69, 9.17) is 24.9 Å². The number of nitrogens with zero attached hydrogens (tertiary/aromatic N) is 1. The largest absolute Gasteiger partial charge is 0.490 e. The fourth-order valence-electron chi connectivity index (χ4n) is 1.71. The summed E-state index contributed by atoms with van der Waals surface area (Å²) in [4.78, 5) is 46.9. The number of amides is 2. The molecule has 2 heterocycles. The zero-order chi connectivity index (χ0) is 26.0. The van der Waals surface area contributed by atoms with Crippen molar-refractivity contribution in [1.82, 2.24) is 20.6 Å². The molecule has 33 heavy (non-hydrogen) atoms. The van der Waals surface area contributed by atoms with Gasteiger partial charge in [-0.3, -0.25) is 9.78 Å². The number of carbonyl (C=O) groups is 4. The molecular formula is C16H16F6N4O7. The highest BCUT2D eigenvalue weighted by Crippen LogP contribution is 2.14. The van der Waals surface area contributed by atoms with Crippen molar-refractivity contribution in [2.75, 3.05) is 0 Å². The molecule has 0 aliphatic carbocycles. The van der Waals surface area contributed by atoms with Crippen molar-refractivity contribution in [3.8, 4) is 0 Å². The molecule has 184 valence electrons. The van der Waals surface area contributed by atoms with Crippen LogP contribution in [0.25, 0.3) is 10.9 Å². The average Bonchev–Trinajstić information content (AvgIpc) is 3.08. The normalized spacial score (nSPS) is 11.7. The van der Waals surface area contributed by atoms with Gasteiger partial charge in [0.2, 0.25) is 5.91 Å². The Balaban J connectivity index is 0.000000605. The highest BCUT2D eigenvalue weighted by atomic mass is 19.4. The molecule has 2 aromatic rings. The number of carboxylic acid groups (broad SMARTS) is 3. The summed E-state index contributed by atoms with van der Waals surface area (Å²) in [6.07, 6.45) is -7.98. The second-order valence-electron chi connectivity index (χ2n) is 5.75. The molecule has 17 heteroatoms. The molecule has 2 rings (SSSR count). The number of nitrogens with one attached hydrogen (secondary N) is 3. The van der Waals surface area contributed by atoms with E-state index in [1.165, 1.54) is 6.92 Å². The predicted octanol–water partition coefficient (Wildman–Crippen LogP) is 2.10. The van der Waals surface area contributed by atoms with Crippen LogP contribution in [0.2, 0.25) is 0 Å².